The average Bonchev–Trinajstić information content (AvgIpc) is 2.43. The molecule has 0 saturated carbocycles. The number of ether oxygens (including phenoxy) is 2. The molecule has 0 saturated heterocycles. The minimum Gasteiger partial charge on any atom is -0.469 e. The Labute approximate surface area is 107 Å². The Bertz CT molecular complexity index is 437. The van der Waals surface area contributed by atoms with E-state index in [-0.39, 0.29) is 11.9 Å². The number of rotatable bonds is 5. The number of methoxy groups -OCH3 is 2. The molecule has 0 aliphatic rings. The van der Waals surface area contributed by atoms with Gasteiger partial charge in [-0.15, -0.1) is 0 Å². The Morgan fingerprint density at radius 3 is 2.39 bits per heavy atom. The van der Waals surface area contributed by atoms with E-state index in [9.17, 15) is 9.59 Å². The molecular formula is C14H18O4. The maximum Gasteiger partial charge on any atom is 0.337 e. The van der Waals surface area contributed by atoms with Gasteiger partial charge in [0.15, 0.2) is 0 Å². The second-order valence-corrected chi connectivity index (χ2v) is 3.90. The van der Waals surface area contributed by atoms with E-state index in [1.165, 1.54) is 14.2 Å². The zero-order valence-electron chi connectivity index (χ0n) is 11.0. The topological polar surface area (TPSA) is 52.6 Å². The molecule has 0 aliphatic carbocycles. The van der Waals surface area contributed by atoms with Crippen LogP contribution in [0.2, 0.25) is 0 Å². The van der Waals surface area contributed by atoms with E-state index in [1.807, 2.05) is 19.1 Å². The zero-order valence-corrected chi connectivity index (χ0v) is 11.0. The van der Waals surface area contributed by atoms with Crippen molar-refractivity contribution in [2.45, 2.75) is 26.2 Å². The summed E-state index contributed by atoms with van der Waals surface area (Å²) in [6.07, 6.45) is 1.78. The predicted molar refractivity (Wildman–Crippen MR) is 67.5 cm³/mol. The SMILES string of the molecule is CCc1cc(C(=O)OC)ccc1CCC(=O)OC. The summed E-state index contributed by atoms with van der Waals surface area (Å²) in [4.78, 5) is 22.5. The molecule has 98 valence electrons. The van der Waals surface area contributed by atoms with E-state index in [0.29, 0.717) is 18.4 Å². The van der Waals surface area contributed by atoms with Crippen molar-refractivity contribution in [3.63, 3.8) is 0 Å². The van der Waals surface area contributed by atoms with Gasteiger partial charge in [0.05, 0.1) is 19.8 Å². The first-order valence-electron chi connectivity index (χ1n) is 5.89. The molecule has 0 fully saturated rings. The fraction of sp³-hybridized carbons (Fsp3) is 0.429. The summed E-state index contributed by atoms with van der Waals surface area (Å²) in [6.45, 7) is 2.01. The van der Waals surface area contributed by atoms with Crippen LogP contribution in [0.1, 0.15) is 34.8 Å². The monoisotopic (exact) mass is 250 g/mol. The van der Waals surface area contributed by atoms with Crippen molar-refractivity contribution in [2.24, 2.45) is 0 Å². The van der Waals surface area contributed by atoms with Crippen LogP contribution in [0.4, 0.5) is 0 Å². The first-order chi connectivity index (χ1) is 8.62. The Morgan fingerprint density at radius 1 is 1.11 bits per heavy atom. The smallest absolute Gasteiger partial charge is 0.337 e. The summed E-state index contributed by atoms with van der Waals surface area (Å²) >= 11 is 0. The Hall–Kier alpha value is -1.84. The fourth-order valence-electron chi connectivity index (χ4n) is 1.78. The first kappa shape index (κ1) is 14.2. The Balaban J connectivity index is 2.86. The third-order valence-corrected chi connectivity index (χ3v) is 2.83. The van der Waals surface area contributed by atoms with Crippen molar-refractivity contribution in [1.82, 2.24) is 0 Å². The van der Waals surface area contributed by atoms with Crippen LogP contribution in [-0.2, 0) is 27.1 Å². The van der Waals surface area contributed by atoms with E-state index in [1.54, 1.807) is 6.07 Å². The third kappa shape index (κ3) is 3.58. The number of hydrogen-bond donors (Lipinski definition) is 0. The van der Waals surface area contributed by atoms with Crippen molar-refractivity contribution in [3.8, 4) is 0 Å². The van der Waals surface area contributed by atoms with Crippen LogP contribution in [0, 0.1) is 0 Å². The largest absolute Gasteiger partial charge is 0.469 e. The summed E-state index contributed by atoms with van der Waals surface area (Å²) in [7, 11) is 2.74. The average molecular weight is 250 g/mol. The molecule has 0 aromatic heterocycles. The highest BCUT2D eigenvalue weighted by Gasteiger charge is 2.10. The van der Waals surface area contributed by atoms with Crippen LogP contribution in [0.5, 0.6) is 0 Å². The van der Waals surface area contributed by atoms with Gasteiger partial charge in [-0.3, -0.25) is 4.79 Å². The minimum absolute atomic E-state index is 0.228. The van der Waals surface area contributed by atoms with Crippen LogP contribution in [0.25, 0.3) is 0 Å². The standard InChI is InChI=1S/C14H18O4/c1-4-10-9-12(14(16)18-3)6-5-11(10)7-8-13(15)17-2/h5-6,9H,4,7-8H2,1-3H3. The predicted octanol–water partition coefficient (Wildman–Crippen LogP) is 2.14. The van der Waals surface area contributed by atoms with E-state index >= 15 is 0 Å². The molecule has 0 aliphatic heterocycles. The molecule has 0 bridgehead atoms. The van der Waals surface area contributed by atoms with Gasteiger partial charge in [0, 0.05) is 6.42 Å². The van der Waals surface area contributed by atoms with Crippen molar-refractivity contribution < 1.29 is 19.1 Å². The van der Waals surface area contributed by atoms with Gasteiger partial charge in [0.25, 0.3) is 0 Å². The van der Waals surface area contributed by atoms with E-state index < -0.39 is 0 Å². The summed E-state index contributed by atoms with van der Waals surface area (Å²) in [5, 5.41) is 0. The zero-order chi connectivity index (χ0) is 13.5. The summed E-state index contributed by atoms with van der Waals surface area (Å²) in [5.74, 6) is -0.571. The molecule has 0 heterocycles. The van der Waals surface area contributed by atoms with Gasteiger partial charge < -0.3 is 9.47 Å². The Morgan fingerprint density at radius 2 is 1.83 bits per heavy atom. The van der Waals surface area contributed by atoms with Crippen LogP contribution in [-0.4, -0.2) is 26.2 Å². The molecule has 4 heteroatoms. The molecule has 0 atom stereocenters. The molecule has 18 heavy (non-hydrogen) atoms. The molecule has 0 amide bonds. The minimum atomic E-state index is -0.343. The van der Waals surface area contributed by atoms with Gasteiger partial charge in [0.2, 0.25) is 0 Å². The summed E-state index contributed by atoms with van der Waals surface area (Å²) in [5.41, 5.74) is 2.66. The Kier molecular flexibility index (Phi) is 5.36. The van der Waals surface area contributed by atoms with Crippen LogP contribution in [0.3, 0.4) is 0 Å². The van der Waals surface area contributed by atoms with Gasteiger partial charge in [-0.25, -0.2) is 4.79 Å². The van der Waals surface area contributed by atoms with Crippen LogP contribution >= 0.6 is 0 Å². The lowest BCUT2D eigenvalue weighted by atomic mass is 9.98. The molecule has 0 unspecified atom stereocenters. The number of aryl methyl sites for hydroxylation is 2. The first-order valence-corrected chi connectivity index (χ1v) is 5.89. The van der Waals surface area contributed by atoms with E-state index in [2.05, 4.69) is 9.47 Å². The highest BCUT2D eigenvalue weighted by Crippen LogP contribution is 2.16. The highest BCUT2D eigenvalue weighted by molar-refractivity contribution is 5.89. The number of hydrogen-bond acceptors (Lipinski definition) is 4. The van der Waals surface area contributed by atoms with E-state index in [4.69, 9.17) is 0 Å². The number of carbonyl (C=O) groups excluding carboxylic acids is 2. The molecular weight excluding hydrogens is 232 g/mol. The van der Waals surface area contributed by atoms with Crippen LogP contribution in [0.15, 0.2) is 18.2 Å². The lowest BCUT2D eigenvalue weighted by Gasteiger charge is -2.09. The van der Waals surface area contributed by atoms with Crippen LogP contribution < -0.4 is 0 Å². The van der Waals surface area contributed by atoms with Gasteiger partial charge in [-0.2, -0.15) is 0 Å². The van der Waals surface area contributed by atoms with Crippen molar-refractivity contribution in [3.05, 3.63) is 34.9 Å². The molecule has 0 radical (unpaired) electrons. The maximum absolute atomic E-state index is 11.4. The number of esters is 2. The quantitative estimate of drug-likeness (QED) is 0.751. The van der Waals surface area contributed by atoms with Gasteiger partial charge in [-0.05, 0) is 36.1 Å². The van der Waals surface area contributed by atoms with Gasteiger partial charge in [-0.1, -0.05) is 13.0 Å². The molecule has 0 spiro atoms. The fourth-order valence-corrected chi connectivity index (χ4v) is 1.78. The summed E-state index contributed by atoms with van der Waals surface area (Å²) in [6, 6.07) is 5.41. The molecule has 4 nitrogen and oxygen atoms in total. The van der Waals surface area contributed by atoms with Gasteiger partial charge >= 0.3 is 11.9 Å². The van der Waals surface area contributed by atoms with Gasteiger partial charge in [0.1, 0.15) is 0 Å². The highest BCUT2D eigenvalue weighted by atomic mass is 16.5. The lowest BCUT2D eigenvalue weighted by Crippen LogP contribution is -2.06. The molecule has 1 aromatic carbocycles. The molecule has 1 rings (SSSR count). The van der Waals surface area contributed by atoms with Crippen molar-refractivity contribution >= 4 is 11.9 Å². The maximum atomic E-state index is 11.4. The van der Waals surface area contributed by atoms with E-state index in [0.717, 1.165) is 17.5 Å². The number of benzene rings is 1. The third-order valence-electron chi connectivity index (χ3n) is 2.83. The summed E-state index contributed by atoms with van der Waals surface area (Å²) < 4.78 is 9.29. The van der Waals surface area contributed by atoms with Crippen molar-refractivity contribution in [2.75, 3.05) is 14.2 Å². The molecule has 1 aromatic rings. The molecule has 0 N–H and O–H groups in total. The lowest BCUT2D eigenvalue weighted by molar-refractivity contribution is -0.140. The number of carbonyl (C=O) groups is 2. The second-order valence-electron chi connectivity index (χ2n) is 3.90. The normalized spacial score (nSPS) is 9.94. The second kappa shape index (κ2) is 6.79. The van der Waals surface area contributed by atoms with Crippen molar-refractivity contribution in [1.29, 1.82) is 0 Å².